The first-order chi connectivity index (χ1) is 12.5. The van der Waals surface area contributed by atoms with Crippen LogP contribution in [0.1, 0.15) is 11.6 Å². The summed E-state index contributed by atoms with van der Waals surface area (Å²) in [6.45, 7) is 3.99. The zero-order valence-corrected chi connectivity index (χ0v) is 16.2. The molecule has 0 bridgehead atoms. The number of halogens is 1. The van der Waals surface area contributed by atoms with Gasteiger partial charge in [-0.25, -0.2) is 13.1 Å². The van der Waals surface area contributed by atoms with Gasteiger partial charge in [0.25, 0.3) is 0 Å². The predicted octanol–water partition coefficient (Wildman–Crippen LogP) is 2.00. The van der Waals surface area contributed by atoms with Gasteiger partial charge in [-0.1, -0.05) is 17.7 Å². The summed E-state index contributed by atoms with van der Waals surface area (Å²) in [5, 5.41) is 0.509. The lowest BCUT2D eigenvalue weighted by Crippen LogP contribution is -2.48. The Balaban J connectivity index is 1.76. The van der Waals surface area contributed by atoms with Gasteiger partial charge in [0.2, 0.25) is 10.0 Å². The molecule has 1 fully saturated rings. The van der Waals surface area contributed by atoms with Crippen molar-refractivity contribution >= 4 is 21.6 Å². The van der Waals surface area contributed by atoms with E-state index in [1.807, 2.05) is 12.1 Å². The van der Waals surface area contributed by atoms with Crippen LogP contribution in [0.25, 0.3) is 0 Å². The first-order valence-corrected chi connectivity index (χ1v) is 10.4. The molecule has 8 heteroatoms. The second kappa shape index (κ2) is 8.45. The van der Waals surface area contributed by atoms with Gasteiger partial charge in [0.05, 0.1) is 4.90 Å². The van der Waals surface area contributed by atoms with Gasteiger partial charge in [-0.05, 0) is 42.9 Å². The minimum absolute atomic E-state index is 0.0560. The second-order valence-electron chi connectivity index (χ2n) is 6.45. The summed E-state index contributed by atoms with van der Waals surface area (Å²) in [6, 6.07) is 10.0. The monoisotopic (exact) mass is 394 g/mol. The third-order valence-electron chi connectivity index (χ3n) is 4.64. The van der Waals surface area contributed by atoms with Crippen molar-refractivity contribution < 1.29 is 8.42 Å². The predicted molar refractivity (Wildman–Crippen MR) is 103 cm³/mol. The average Bonchev–Trinajstić information content (AvgIpc) is 2.64. The standard InChI is InChI=1S/C18H23ClN4O2S/c1-22-9-11-23(12-10-22)18(15-3-2-8-20-13-15)14-21-26(24,25)17-6-4-16(19)5-7-17/h2-8,13,18,21H,9-12,14H2,1H3/t18-/m1/s1. The van der Waals surface area contributed by atoms with Crippen LogP contribution in [0.2, 0.25) is 5.02 Å². The van der Waals surface area contributed by atoms with Crippen molar-refractivity contribution in [3.8, 4) is 0 Å². The van der Waals surface area contributed by atoms with Crippen molar-refractivity contribution in [2.75, 3.05) is 39.8 Å². The van der Waals surface area contributed by atoms with Gasteiger partial charge in [-0.15, -0.1) is 0 Å². The molecule has 2 aromatic rings. The van der Waals surface area contributed by atoms with Gasteiger partial charge >= 0.3 is 0 Å². The van der Waals surface area contributed by atoms with Gasteiger partial charge in [-0.3, -0.25) is 9.88 Å². The Kier molecular flexibility index (Phi) is 6.26. The van der Waals surface area contributed by atoms with Crippen molar-refractivity contribution in [1.82, 2.24) is 19.5 Å². The number of hydrogen-bond acceptors (Lipinski definition) is 5. The van der Waals surface area contributed by atoms with Crippen LogP contribution in [0.4, 0.5) is 0 Å². The van der Waals surface area contributed by atoms with Crippen molar-refractivity contribution in [3.63, 3.8) is 0 Å². The number of pyridine rings is 1. The van der Waals surface area contributed by atoms with Crippen LogP contribution < -0.4 is 4.72 Å². The quantitative estimate of drug-likeness (QED) is 0.811. The summed E-state index contributed by atoms with van der Waals surface area (Å²) in [5.41, 5.74) is 1.01. The number of nitrogens with one attached hydrogen (secondary N) is 1. The molecule has 1 aromatic carbocycles. The van der Waals surface area contributed by atoms with Gasteiger partial charge in [-0.2, -0.15) is 0 Å². The summed E-state index contributed by atoms with van der Waals surface area (Å²) in [5.74, 6) is 0. The third-order valence-corrected chi connectivity index (χ3v) is 6.33. The molecule has 2 heterocycles. The van der Waals surface area contributed by atoms with Crippen molar-refractivity contribution in [3.05, 3.63) is 59.4 Å². The molecule has 1 N–H and O–H groups in total. The minimum Gasteiger partial charge on any atom is -0.304 e. The summed E-state index contributed by atoms with van der Waals surface area (Å²) in [4.78, 5) is 8.99. The number of rotatable bonds is 6. The van der Waals surface area contributed by atoms with E-state index >= 15 is 0 Å². The molecule has 1 aliphatic heterocycles. The molecule has 1 aromatic heterocycles. The van der Waals surface area contributed by atoms with Crippen molar-refractivity contribution in [2.45, 2.75) is 10.9 Å². The van der Waals surface area contributed by atoms with Crippen molar-refractivity contribution in [1.29, 1.82) is 0 Å². The van der Waals surface area contributed by atoms with Gasteiger partial charge in [0, 0.05) is 56.2 Å². The fourth-order valence-corrected chi connectivity index (χ4v) is 4.21. The van der Waals surface area contributed by atoms with Gasteiger partial charge < -0.3 is 4.90 Å². The SMILES string of the molecule is CN1CCN([C@H](CNS(=O)(=O)c2ccc(Cl)cc2)c2cccnc2)CC1. The van der Waals surface area contributed by atoms with Crippen molar-refractivity contribution in [2.24, 2.45) is 0 Å². The topological polar surface area (TPSA) is 65.5 Å². The van der Waals surface area contributed by atoms with Gasteiger partial charge in [0.15, 0.2) is 0 Å². The number of nitrogens with zero attached hydrogens (tertiary/aromatic N) is 3. The van der Waals surface area contributed by atoms with Crippen LogP contribution in [-0.2, 0) is 10.0 Å². The molecule has 1 aliphatic rings. The number of aromatic nitrogens is 1. The molecule has 140 valence electrons. The lowest BCUT2D eigenvalue weighted by atomic mass is 10.1. The fourth-order valence-electron chi connectivity index (χ4n) is 3.05. The molecule has 0 spiro atoms. The molecule has 0 amide bonds. The summed E-state index contributed by atoms with van der Waals surface area (Å²) in [6.07, 6.45) is 3.53. The van der Waals surface area contributed by atoms with E-state index < -0.39 is 10.0 Å². The third kappa shape index (κ3) is 4.81. The maximum Gasteiger partial charge on any atom is 0.240 e. The van der Waals surface area contributed by atoms with E-state index in [4.69, 9.17) is 11.6 Å². The van der Waals surface area contributed by atoms with E-state index in [0.29, 0.717) is 11.6 Å². The molecule has 0 saturated carbocycles. The number of piperazine rings is 1. The van der Waals surface area contributed by atoms with Crippen LogP contribution in [-0.4, -0.2) is 63.0 Å². The molecule has 0 radical (unpaired) electrons. The molecule has 26 heavy (non-hydrogen) atoms. The molecular formula is C18H23ClN4O2S. The largest absolute Gasteiger partial charge is 0.304 e. The van der Waals surface area contributed by atoms with Crippen LogP contribution >= 0.6 is 11.6 Å². The highest BCUT2D eigenvalue weighted by Crippen LogP contribution is 2.22. The van der Waals surface area contributed by atoms with E-state index in [1.54, 1.807) is 24.5 Å². The van der Waals surface area contributed by atoms with E-state index in [2.05, 4.69) is 26.6 Å². The van der Waals surface area contributed by atoms with Crippen LogP contribution in [0.15, 0.2) is 53.7 Å². The molecule has 3 rings (SSSR count). The molecule has 1 saturated heterocycles. The highest BCUT2D eigenvalue weighted by Gasteiger charge is 2.26. The van der Waals surface area contributed by atoms with Crippen LogP contribution in [0.3, 0.4) is 0 Å². The highest BCUT2D eigenvalue weighted by molar-refractivity contribution is 7.89. The fraction of sp³-hybridized carbons (Fsp3) is 0.389. The lowest BCUT2D eigenvalue weighted by Gasteiger charge is -2.38. The Hall–Kier alpha value is -1.51. The van der Waals surface area contributed by atoms with E-state index in [1.165, 1.54) is 12.1 Å². The second-order valence-corrected chi connectivity index (χ2v) is 8.65. The number of sulfonamides is 1. The molecule has 6 nitrogen and oxygen atoms in total. The highest BCUT2D eigenvalue weighted by atomic mass is 35.5. The Labute approximate surface area is 159 Å². The Bertz CT molecular complexity index is 807. The summed E-state index contributed by atoms with van der Waals surface area (Å²) in [7, 11) is -1.50. The zero-order valence-electron chi connectivity index (χ0n) is 14.7. The van der Waals surface area contributed by atoms with Crippen LogP contribution in [0, 0.1) is 0 Å². The first-order valence-electron chi connectivity index (χ1n) is 8.53. The number of benzene rings is 1. The summed E-state index contributed by atoms with van der Waals surface area (Å²) < 4.78 is 28.0. The minimum atomic E-state index is -3.60. The van der Waals surface area contributed by atoms with E-state index in [0.717, 1.165) is 31.7 Å². The number of hydrogen-bond donors (Lipinski definition) is 1. The normalized spacial score (nSPS) is 17.9. The van der Waals surface area contributed by atoms with Gasteiger partial charge in [0.1, 0.15) is 0 Å². The average molecular weight is 395 g/mol. The molecule has 0 aliphatic carbocycles. The zero-order chi connectivity index (χ0) is 18.6. The number of likely N-dealkylation sites (N-methyl/N-ethyl adjacent to an activating group) is 1. The van der Waals surface area contributed by atoms with Crippen LogP contribution in [0.5, 0.6) is 0 Å². The maximum absolute atomic E-state index is 12.6. The Morgan fingerprint density at radius 3 is 2.46 bits per heavy atom. The Morgan fingerprint density at radius 2 is 1.85 bits per heavy atom. The summed E-state index contributed by atoms with van der Waals surface area (Å²) >= 11 is 5.85. The Morgan fingerprint density at radius 1 is 1.15 bits per heavy atom. The lowest BCUT2D eigenvalue weighted by molar-refractivity contribution is 0.112. The molecule has 0 unspecified atom stereocenters. The smallest absolute Gasteiger partial charge is 0.240 e. The molecular weight excluding hydrogens is 372 g/mol. The molecule has 1 atom stereocenters. The first kappa shape index (κ1) is 19.3. The van der Waals surface area contributed by atoms with E-state index in [-0.39, 0.29) is 10.9 Å². The van der Waals surface area contributed by atoms with E-state index in [9.17, 15) is 8.42 Å². The maximum atomic E-state index is 12.6.